The van der Waals surface area contributed by atoms with Gasteiger partial charge >= 0.3 is 0 Å². The van der Waals surface area contributed by atoms with Crippen LogP contribution in [0.2, 0.25) is 0 Å². The fourth-order valence-electron chi connectivity index (χ4n) is 2.86. The molecule has 0 aliphatic carbocycles. The van der Waals surface area contributed by atoms with Crippen LogP contribution in [0.5, 0.6) is 0 Å². The van der Waals surface area contributed by atoms with Crippen molar-refractivity contribution in [2.24, 2.45) is 5.92 Å². The van der Waals surface area contributed by atoms with Crippen LogP contribution in [0, 0.1) is 5.92 Å². The summed E-state index contributed by atoms with van der Waals surface area (Å²) in [5.74, 6) is 0.751. The smallest absolute Gasteiger partial charge is 0.107 e. The van der Waals surface area contributed by atoms with E-state index in [1.54, 1.807) is 11.3 Å². The summed E-state index contributed by atoms with van der Waals surface area (Å²) in [6, 6.07) is 1.31. The summed E-state index contributed by atoms with van der Waals surface area (Å²) >= 11 is 1.78. The highest BCUT2D eigenvalue weighted by atomic mass is 32.1. The first-order chi connectivity index (χ1) is 9.24. The average molecular weight is 281 g/mol. The highest BCUT2D eigenvalue weighted by Gasteiger charge is 2.29. The normalized spacial score (nSPS) is 26.5. The predicted molar refractivity (Wildman–Crippen MR) is 82.5 cm³/mol. The number of thiazole rings is 1. The van der Waals surface area contributed by atoms with E-state index >= 15 is 0 Å². The lowest BCUT2D eigenvalue weighted by molar-refractivity contribution is 0.0959. The summed E-state index contributed by atoms with van der Waals surface area (Å²) in [7, 11) is 0. The van der Waals surface area contributed by atoms with Crippen molar-refractivity contribution >= 4 is 11.3 Å². The van der Waals surface area contributed by atoms with Crippen molar-refractivity contribution in [3.63, 3.8) is 0 Å². The van der Waals surface area contributed by atoms with Gasteiger partial charge in [0.25, 0.3) is 0 Å². The zero-order valence-corrected chi connectivity index (χ0v) is 13.2. The van der Waals surface area contributed by atoms with Crippen molar-refractivity contribution in [3.05, 3.63) is 16.6 Å². The number of piperazine rings is 1. The van der Waals surface area contributed by atoms with Crippen molar-refractivity contribution in [1.82, 2.24) is 15.2 Å². The van der Waals surface area contributed by atoms with Crippen LogP contribution in [0.4, 0.5) is 0 Å². The maximum absolute atomic E-state index is 4.45. The summed E-state index contributed by atoms with van der Waals surface area (Å²) in [5, 5.41) is 7.09. The highest BCUT2D eigenvalue weighted by Crippen LogP contribution is 2.21. The van der Waals surface area contributed by atoms with Crippen LogP contribution in [0.1, 0.15) is 45.0 Å². The van der Waals surface area contributed by atoms with Crippen LogP contribution in [0.25, 0.3) is 0 Å². The third-order valence-electron chi connectivity index (χ3n) is 4.34. The Morgan fingerprint density at radius 2 is 2.37 bits per heavy atom. The standard InChI is InChI=1S/C15H27N3S/c1-4-6-13-9-17-14(12(3)5-2)10-18(13)11-15-16-7-8-19-15/h7-8,12-14,17H,4-6,9-11H2,1-3H3. The molecule has 19 heavy (non-hydrogen) atoms. The van der Waals surface area contributed by atoms with Crippen molar-refractivity contribution in [1.29, 1.82) is 0 Å². The lowest BCUT2D eigenvalue weighted by Gasteiger charge is -2.42. The maximum Gasteiger partial charge on any atom is 0.107 e. The molecule has 0 bridgehead atoms. The first-order valence-electron chi connectivity index (χ1n) is 7.60. The molecule has 108 valence electrons. The molecule has 0 aromatic carbocycles. The molecule has 1 aliphatic heterocycles. The van der Waals surface area contributed by atoms with Crippen LogP contribution in [0.3, 0.4) is 0 Å². The quantitative estimate of drug-likeness (QED) is 0.868. The van der Waals surface area contributed by atoms with E-state index in [9.17, 15) is 0 Å². The van der Waals surface area contributed by atoms with Gasteiger partial charge in [0.2, 0.25) is 0 Å². The third-order valence-corrected chi connectivity index (χ3v) is 5.10. The fourth-order valence-corrected chi connectivity index (χ4v) is 3.51. The lowest BCUT2D eigenvalue weighted by atomic mass is 9.94. The SMILES string of the molecule is CCCC1CNC(C(C)CC)CN1Cc1nccs1. The van der Waals surface area contributed by atoms with E-state index in [-0.39, 0.29) is 0 Å². The number of hydrogen-bond donors (Lipinski definition) is 1. The Morgan fingerprint density at radius 3 is 3.00 bits per heavy atom. The number of rotatable bonds is 6. The number of nitrogens with one attached hydrogen (secondary N) is 1. The van der Waals surface area contributed by atoms with Crippen LogP contribution in [-0.4, -0.2) is 35.1 Å². The van der Waals surface area contributed by atoms with E-state index in [2.05, 4.69) is 41.4 Å². The Bertz CT molecular complexity index is 352. The molecule has 0 amide bonds. The zero-order chi connectivity index (χ0) is 13.7. The summed E-state index contributed by atoms with van der Waals surface area (Å²) in [4.78, 5) is 7.10. The topological polar surface area (TPSA) is 28.2 Å². The first-order valence-corrected chi connectivity index (χ1v) is 8.48. The molecule has 4 heteroatoms. The molecule has 1 N–H and O–H groups in total. The molecule has 1 aromatic heterocycles. The summed E-state index contributed by atoms with van der Waals surface area (Å²) in [6.07, 6.45) is 5.71. The molecule has 1 aliphatic rings. The monoisotopic (exact) mass is 281 g/mol. The molecule has 3 nitrogen and oxygen atoms in total. The molecule has 0 radical (unpaired) electrons. The van der Waals surface area contributed by atoms with Crippen molar-refractivity contribution in [2.75, 3.05) is 13.1 Å². The molecule has 3 unspecified atom stereocenters. The Morgan fingerprint density at radius 1 is 1.53 bits per heavy atom. The van der Waals surface area contributed by atoms with Crippen LogP contribution in [0.15, 0.2) is 11.6 Å². The van der Waals surface area contributed by atoms with E-state index in [1.165, 1.54) is 30.8 Å². The minimum absolute atomic E-state index is 0.637. The Kier molecular flexibility index (Phi) is 5.79. The van der Waals surface area contributed by atoms with E-state index in [1.807, 2.05) is 6.20 Å². The second kappa shape index (κ2) is 7.36. The number of aromatic nitrogens is 1. The van der Waals surface area contributed by atoms with E-state index in [4.69, 9.17) is 0 Å². The third kappa shape index (κ3) is 4.01. The maximum atomic E-state index is 4.45. The molecule has 2 heterocycles. The van der Waals surface area contributed by atoms with Gasteiger partial charge in [-0.2, -0.15) is 0 Å². The zero-order valence-electron chi connectivity index (χ0n) is 12.4. The van der Waals surface area contributed by atoms with Crippen molar-refractivity contribution in [3.8, 4) is 0 Å². The molecular formula is C15H27N3S. The van der Waals surface area contributed by atoms with Gasteiger partial charge in [-0.05, 0) is 12.3 Å². The van der Waals surface area contributed by atoms with Crippen molar-refractivity contribution < 1.29 is 0 Å². The molecule has 3 atom stereocenters. The van der Waals surface area contributed by atoms with Crippen molar-refractivity contribution in [2.45, 2.75) is 58.7 Å². The minimum Gasteiger partial charge on any atom is -0.311 e. The molecule has 0 spiro atoms. The van der Waals surface area contributed by atoms with Gasteiger partial charge in [-0.3, -0.25) is 4.90 Å². The molecular weight excluding hydrogens is 254 g/mol. The Labute approximate surface area is 121 Å². The van der Waals surface area contributed by atoms with Gasteiger partial charge in [0.15, 0.2) is 0 Å². The van der Waals surface area contributed by atoms with Gasteiger partial charge in [-0.15, -0.1) is 11.3 Å². The van der Waals surface area contributed by atoms with Gasteiger partial charge in [0.1, 0.15) is 5.01 Å². The van der Waals surface area contributed by atoms with Gasteiger partial charge in [0.05, 0.1) is 6.54 Å². The minimum atomic E-state index is 0.637. The number of hydrogen-bond acceptors (Lipinski definition) is 4. The largest absolute Gasteiger partial charge is 0.311 e. The summed E-state index contributed by atoms with van der Waals surface area (Å²) < 4.78 is 0. The molecule has 0 saturated carbocycles. The number of nitrogens with zero attached hydrogens (tertiary/aromatic N) is 2. The van der Waals surface area contributed by atoms with Gasteiger partial charge in [-0.25, -0.2) is 4.98 Å². The van der Waals surface area contributed by atoms with E-state index in [0.29, 0.717) is 12.1 Å². The van der Waals surface area contributed by atoms with Gasteiger partial charge in [0, 0.05) is 36.8 Å². The fraction of sp³-hybridized carbons (Fsp3) is 0.800. The van der Waals surface area contributed by atoms with Gasteiger partial charge < -0.3 is 5.32 Å². The van der Waals surface area contributed by atoms with Gasteiger partial charge in [-0.1, -0.05) is 33.6 Å². The van der Waals surface area contributed by atoms with Crippen LogP contribution in [-0.2, 0) is 6.54 Å². The second-order valence-electron chi connectivity index (χ2n) is 5.70. The molecule has 1 aromatic rings. The van der Waals surface area contributed by atoms with E-state index < -0.39 is 0 Å². The second-order valence-corrected chi connectivity index (χ2v) is 6.68. The molecule has 2 rings (SSSR count). The Hall–Kier alpha value is -0.450. The van der Waals surface area contributed by atoms with Crippen LogP contribution < -0.4 is 5.32 Å². The lowest BCUT2D eigenvalue weighted by Crippen LogP contribution is -2.57. The molecule has 1 fully saturated rings. The summed E-state index contributed by atoms with van der Waals surface area (Å²) in [6.45, 7) is 10.3. The first kappa shape index (κ1) is 14.9. The highest BCUT2D eigenvalue weighted by molar-refractivity contribution is 7.09. The summed E-state index contributed by atoms with van der Waals surface area (Å²) in [5.41, 5.74) is 0. The van der Waals surface area contributed by atoms with Crippen LogP contribution >= 0.6 is 11.3 Å². The molecule has 1 saturated heterocycles. The Balaban J connectivity index is 1.99. The van der Waals surface area contributed by atoms with E-state index in [0.717, 1.165) is 19.0 Å². The average Bonchev–Trinajstić information content (AvgIpc) is 2.93. The predicted octanol–water partition coefficient (Wildman–Crippen LogP) is 3.13.